The zero-order valence-electron chi connectivity index (χ0n) is 9.88. The summed E-state index contributed by atoms with van der Waals surface area (Å²) in [5.41, 5.74) is 0.621. The highest BCUT2D eigenvalue weighted by Crippen LogP contribution is 2.22. The molecule has 0 spiro atoms. The van der Waals surface area contributed by atoms with Crippen molar-refractivity contribution in [2.24, 2.45) is 0 Å². The molecule has 0 fully saturated rings. The molecule has 2 aromatic rings. The number of halogens is 2. The summed E-state index contributed by atoms with van der Waals surface area (Å²) in [6.45, 7) is 0. The Morgan fingerprint density at radius 2 is 1.68 bits per heavy atom. The van der Waals surface area contributed by atoms with E-state index in [-0.39, 0.29) is 11.3 Å². The van der Waals surface area contributed by atoms with Gasteiger partial charge in [-0.05, 0) is 35.9 Å². The van der Waals surface area contributed by atoms with E-state index in [0.29, 0.717) is 5.75 Å². The molecule has 2 aromatic carbocycles. The SMILES string of the molecule is OB(O)c1cc(CSc2ccc(F)cc2)ccc1F. The van der Waals surface area contributed by atoms with Crippen LogP contribution in [0, 0.1) is 11.6 Å². The van der Waals surface area contributed by atoms with Crippen LogP contribution in [0.5, 0.6) is 0 Å². The quantitative estimate of drug-likeness (QED) is 0.664. The van der Waals surface area contributed by atoms with Crippen molar-refractivity contribution in [3.63, 3.8) is 0 Å². The second-order valence-electron chi connectivity index (χ2n) is 3.97. The van der Waals surface area contributed by atoms with Gasteiger partial charge in [-0.15, -0.1) is 11.8 Å². The van der Waals surface area contributed by atoms with Gasteiger partial charge in [-0.2, -0.15) is 0 Å². The highest BCUT2D eigenvalue weighted by atomic mass is 32.2. The average molecular weight is 280 g/mol. The first kappa shape index (κ1) is 14.1. The average Bonchev–Trinajstić information content (AvgIpc) is 2.39. The highest BCUT2D eigenvalue weighted by Gasteiger charge is 2.16. The first-order valence-corrected chi connectivity index (χ1v) is 6.57. The fourth-order valence-corrected chi connectivity index (χ4v) is 2.42. The van der Waals surface area contributed by atoms with Crippen LogP contribution >= 0.6 is 11.8 Å². The van der Waals surface area contributed by atoms with Gasteiger partial charge < -0.3 is 10.0 Å². The maximum Gasteiger partial charge on any atom is 0.491 e. The normalized spacial score (nSPS) is 10.5. The zero-order valence-corrected chi connectivity index (χ0v) is 10.7. The van der Waals surface area contributed by atoms with Crippen molar-refractivity contribution in [1.82, 2.24) is 0 Å². The molecule has 0 aliphatic carbocycles. The number of benzene rings is 2. The van der Waals surface area contributed by atoms with Gasteiger partial charge in [-0.1, -0.05) is 12.1 Å². The molecule has 0 aliphatic heterocycles. The molecule has 6 heteroatoms. The summed E-state index contributed by atoms with van der Waals surface area (Å²) in [6, 6.07) is 10.3. The fraction of sp³-hybridized carbons (Fsp3) is 0.0769. The third-order valence-corrected chi connectivity index (χ3v) is 3.64. The number of hydrogen-bond acceptors (Lipinski definition) is 3. The van der Waals surface area contributed by atoms with Crippen molar-refractivity contribution in [3.8, 4) is 0 Å². The first-order valence-electron chi connectivity index (χ1n) is 5.59. The Bertz CT molecular complexity index is 561. The van der Waals surface area contributed by atoms with Crippen LogP contribution in [-0.2, 0) is 5.75 Å². The van der Waals surface area contributed by atoms with E-state index >= 15 is 0 Å². The van der Waals surface area contributed by atoms with Crippen molar-refractivity contribution >= 4 is 24.3 Å². The Labute approximate surface area is 114 Å². The summed E-state index contributed by atoms with van der Waals surface area (Å²) in [7, 11) is -1.82. The van der Waals surface area contributed by atoms with Gasteiger partial charge in [-0.25, -0.2) is 8.78 Å². The minimum absolute atomic E-state index is 0.141. The van der Waals surface area contributed by atoms with Gasteiger partial charge in [-0.3, -0.25) is 0 Å². The molecule has 0 heterocycles. The van der Waals surface area contributed by atoms with Gasteiger partial charge in [0.25, 0.3) is 0 Å². The molecule has 0 amide bonds. The highest BCUT2D eigenvalue weighted by molar-refractivity contribution is 7.98. The molecule has 19 heavy (non-hydrogen) atoms. The van der Waals surface area contributed by atoms with Crippen LogP contribution in [0.4, 0.5) is 8.78 Å². The minimum Gasteiger partial charge on any atom is -0.423 e. The molecule has 0 saturated heterocycles. The van der Waals surface area contributed by atoms with Crippen LogP contribution in [0.15, 0.2) is 47.4 Å². The third kappa shape index (κ3) is 3.80. The lowest BCUT2D eigenvalue weighted by atomic mass is 9.79. The largest absolute Gasteiger partial charge is 0.491 e. The smallest absolute Gasteiger partial charge is 0.423 e. The summed E-state index contributed by atoms with van der Waals surface area (Å²) in [5, 5.41) is 18.0. The zero-order chi connectivity index (χ0) is 13.8. The topological polar surface area (TPSA) is 40.5 Å². The summed E-state index contributed by atoms with van der Waals surface area (Å²) in [6.07, 6.45) is 0. The lowest BCUT2D eigenvalue weighted by Gasteiger charge is -2.06. The van der Waals surface area contributed by atoms with Crippen molar-refractivity contribution < 1.29 is 18.8 Å². The van der Waals surface area contributed by atoms with Crippen LogP contribution in [-0.4, -0.2) is 17.2 Å². The minimum atomic E-state index is -1.82. The van der Waals surface area contributed by atoms with Gasteiger partial charge >= 0.3 is 7.12 Å². The van der Waals surface area contributed by atoms with Crippen molar-refractivity contribution in [1.29, 1.82) is 0 Å². The standard InChI is InChI=1S/C13H11BF2O2S/c15-10-2-4-11(5-3-10)19-8-9-1-6-13(16)12(7-9)14(17)18/h1-7,17-18H,8H2. The molecule has 0 aliphatic rings. The summed E-state index contributed by atoms with van der Waals surface area (Å²) >= 11 is 1.46. The van der Waals surface area contributed by atoms with E-state index in [1.54, 1.807) is 18.2 Å². The monoisotopic (exact) mass is 280 g/mol. The lowest BCUT2D eigenvalue weighted by molar-refractivity contribution is 0.423. The van der Waals surface area contributed by atoms with Crippen LogP contribution in [0.1, 0.15) is 5.56 Å². The van der Waals surface area contributed by atoms with Gasteiger partial charge in [0.2, 0.25) is 0 Å². The molecule has 0 aromatic heterocycles. The predicted molar refractivity (Wildman–Crippen MR) is 72.2 cm³/mol. The van der Waals surface area contributed by atoms with Crippen molar-refractivity contribution in [2.45, 2.75) is 10.6 Å². The molecular formula is C13H11BF2O2S. The van der Waals surface area contributed by atoms with E-state index in [9.17, 15) is 8.78 Å². The Morgan fingerprint density at radius 3 is 2.32 bits per heavy atom. The van der Waals surface area contributed by atoms with Crippen LogP contribution in [0.3, 0.4) is 0 Å². The van der Waals surface area contributed by atoms with Crippen molar-refractivity contribution in [2.75, 3.05) is 0 Å². The van der Waals surface area contributed by atoms with E-state index in [1.807, 2.05) is 0 Å². The summed E-state index contributed by atoms with van der Waals surface area (Å²) < 4.78 is 26.0. The molecule has 0 radical (unpaired) electrons. The van der Waals surface area contributed by atoms with Gasteiger partial charge in [0, 0.05) is 16.1 Å². The lowest BCUT2D eigenvalue weighted by Crippen LogP contribution is -2.32. The molecule has 2 rings (SSSR count). The molecule has 2 nitrogen and oxygen atoms in total. The third-order valence-electron chi connectivity index (χ3n) is 2.56. The molecule has 0 bridgehead atoms. The second kappa shape index (κ2) is 6.19. The number of rotatable bonds is 4. The Morgan fingerprint density at radius 1 is 1.00 bits per heavy atom. The van der Waals surface area contributed by atoms with Gasteiger partial charge in [0.1, 0.15) is 11.6 Å². The molecule has 2 N–H and O–H groups in total. The maximum atomic E-state index is 13.3. The van der Waals surface area contributed by atoms with Crippen LogP contribution in [0.25, 0.3) is 0 Å². The van der Waals surface area contributed by atoms with Crippen LogP contribution < -0.4 is 5.46 Å². The number of hydrogen-bond donors (Lipinski definition) is 2. The number of thioether (sulfide) groups is 1. The Balaban J connectivity index is 2.07. The molecule has 0 saturated carbocycles. The fourth-order valence-electron chi connectivity index (χ4n) is 1.58. The molecular weight excluding hydrogens is 269 g/mol. The Hall–Kier alpha value is -1.37. The molecule has 0 atom stereocenters. The van der Waals surface area contributed by atoms with Crippen molar-refractivity contribution in [3.05, 3.63) is 59.7 Å². The Kier molecular flexibility index (Phi) is 4.58. The first-order chi connectivity index (χ1) is 9.06. The van der Waals surface area contributed by atoms with E-state index < -0.39 is 12.9 Å². The van der Waals surface area contributed by atoms with E-state index in [2.05, 4.69) is 0 Å². The summed E-state index contributed by atoms with van der Waals surface area (Å²) in [4.78, 5) is 0.886. The van der Waals surface area contributed by atoms with Gasteiger partial charge in [0.15, 0.2) is 0 Å². The molecule has 0 unspecified atom stereocenters. The van der Waals surface area contributed by atoms with E-state index in [0.717, 1.165) is 10.5 Å². The van der Waals surface area contributed by atoms with E-state index in [4.69, 9.17) is 10.0 Å². The van der Waals surface area contributed by atoms with Gasteiger partial charge in [0.05, 0.1) is 0 Å². The predicted octanol–water partition coefficient (Wildman–Crippen LogP) is 1.94. The maximum absolute atomic E-state index is 13.3. The molecule has 98 valence electrons. The summed E-state index contributed by atoms with van der Waals surface area (Å²) in [5.74, 6) is -0.409. The van der Waals surface area contributed by atoms with Crippen LogP contribution in [0.2, 0.25) is 0 Å². The second-order valence-corrected chi connectivity index (χ2v) is 5.02. The van der Waals surface area contributed by atoms with E-state index in [1.165, 1.54) is 36.0 Å².